The molecule has 0 aliphatic rings. The molecule has 3 aromatic carbocycles. The number of aryl methyl sites for hydroxylation is 1. The van der Waals surface area contributed by atoms with Crippen molar-refractivity contribution in [1.29, 1.82) is 0 Å². The zero-order chi connectivity index (χ0) is 25.1. The van der Waals surface area contributed by atoms with Crippen LogP contribution in [0.4, 0.5) is 17.6 Å². The largest absolute Gasteiger partial charge is 0.487 e. The molecule has 8 heteroatoms. The fraction of sp³-hybridized carbons (Fsp3) is 0.148. The van der Waals surface area contributed by atoms with E-state index in [0.717, 1.165) is 34.4 Å². The maximum Gasteiger partial charge on any atom is 0.273 e. The van der Waals surface area contributed by atoms with Gasteiger partial charge in [0, 0.05) is 22.9 Å². The summed E-state index contributed by atoms with van der Waals surface area (Å²) in [6.07, 6.45) is 0.916. The van der Waals surface area contributed by atoms with Gasteiger partial charge in [-0.2, -0.15) is 0 Å². The Kier molecular flexibility index (Phi) is 7.40. The maximum atomic E-state index is 14.6. The molecule has 0 atom stereocenters. The summed E-state index contributed by atoms with van der Waals surface area (Å²) in [7, 11) is 0. The summed E-state index contributed by atoms with van der Waals surface area (Å²) in [6.45, 7) is 1.30. The average molecular weight is 546 g/mol. The molecule has 0 spiro atoms. The summed E-state index contributed by atoms with van der Waals surface area (Å²) in [4.78, 5) is 13.2. The second kappa shape index (κ2) is 10.5. The van der Waals surface area contributed by atoms with E-state index in [9.17, 15) is 22.4 Å². The first kappa shape index (κ1) is 24.7. The van der Waals surface area contributed by atoms with E-state index in [1.165, 1.54) is 12.1 Å². The van der Waals surface area contributed by atoms with Crippen LogP contribution in [-0.2, 0) is 19.4 Å². The van der Waals surface area contributed by atoms with E-state index in [4.69, 9.17) is 4.74 Å². The van der Waals surface area contributed by atoms with Crippen molar-refractivity contribution in [3.05, 3.63) is 127 Å². The Bertz CT molecular complexity index is 1420. The van der Waals surface area contributed by atoms with Gasteiger partial charge in [0.2, 0.25) is 0 Å². The second-order valence-corrected chi connectivity index (χ2v) is 8.72. The normalized spacial score (nSPS) is 11.0. The van der Waals surface area contributed by atoms with Gasteiger partial charge in [-0.05, 0) is 65.5 Å². The van der Waals surface area contributed by atoms with E-state index in [2.05, 4.69) is 15.9 Å². The van der Waals surface area contributed by atoms with Gasteiger partial charge < -0.3 is 4.74 Å². The molecule has 0 bridgehead atoms. The molecule has 3 nitrogen and oxygen atoms in total. The van der Waals surface area contributed by atoms with Crippen LogP contribution in [0.25, 0.3) is 5.69 Å². The van der Waals surface area contributed by atoms with Crippen molar-refractivity contribution in [2.45, 2.75) is 26.4 Å². The molecule has 0 fully saturated rings. The molecule has 4 aromatic rings. The van der Waals surface area contributed by atoms with Crippen molar-refractivity contribution < 1.29 is 22.3 Å². The van der Waals surface area contributed by atoms with Crippen molar-refractivity contribution in [1.82, 2.24) is 4.57 Å². The molecule has 0 aliphatic carbocycles. The number of aromatic nitrogens is 1. The number of halogens is 5. The first-order valence-electron chi connectivity index (χ1n) is 10.8. The third-order valence-corrected chi connectivity index (χ3v) is 6.39. The number of ether oxygens (including phenoxy) is 1. The van der Waals surface area contributed by atoms with Gasteiger partial charge in [0.25, 0.3) is 5.56 Å². The lowest BCUT2D eigenvalue weighted by Gasteiger charge is -2.21. The van der Waals surface area contributed by atoms with Crippen LogP contribution in [0.15, 0.2) is 76.0 Å². The number of nitrogens with zero attached hydrogens (tertiary/aromatic N) is 1. The molecule has 0 N–H and O–H groups in total. The van der Waals surface area contributed by atoms with Gasteiger partial charge in [-0.15, -0.1) is 0 Å². The van der Waals surface area contributed by atoms with E-state index < -0.39 is 34.5 Å². The lowest BCUT2D eigenvalue weighted by atomic mass is 10.0. The Hall–Kier alpha value is -3.39. The predicted molar refractivity (Wildman–Crippen MR) is 129 cm³/mol. The first-order valence-corrected chi connectivity index (χ1v) is 11.6. The third kappa shape index (κ3) is 5.17. The summed E-state index contributed by atoms with van der Waals surface area (Å²) in [5.74, 6) is -3.15. The maximum absolute atomic E-state index is 14.6. The molecule has 0 amide bonds. The highest BCUT2D eigenvalue weighted by Gasteiger charge is 2.24. The molecule has 0 aliphatic heterocycles. The number of hydrogen-bond donors (Lipinski definition) is 0. The molecule has 0 radical (unpaired) electrons. The molecule has 0 saturated heterocycles. The third-order valence-electron chi connectivity index (χ3n) is 5.69. The SMILES string of the molecule is Cc1c(CCc2ccccc2)c(OCc2ccc(F)cc2F)c(Br)c(=O)n1-c1c(F)cccc1F. The van der Waals surface area contributed by atoms with Crippen molar-refractivity contribution in [3.63, 3.8) is 0 Å². The Morgan fingerprint density at radius 2 is 1.54 bits per heavy atom. The van der Waals surface area contributed by atoms with Crippen LogP contribution in [0.5, 0.6) is 5.75 Å². The molecule has 35 heavy (non-hydrogen) atoms. The topological polar surface area (TPSA) is 31.2 Å². The summed E-state index contributed by atoms with van der Waals surface area (Å²) < 4.78 is 63.5. The summed E-state index contributed by atoms with van der Waals surface area (Å²) in [6, 6.07) is 16.0. The number of hydrogen-bond acceptors (Lipinski definition) is 2. The van der Waals surface area contributed by atoms with Crippen LogP contribution < -0.4 is 10.3 Å². The van der Waals surface area contributed by atoms with E-state index in [-0.39, 0.29) is 28.1 Å². The van der Waals surface area contributed by atoms with Gasteiger partial charge in [-0.25, -0.2) is 17.6 Å². The zero-order valence-corrected chi connectivity index (χ0v) is 20.2. The quantitative estimate of drug-likeness (QED) is 0.238. The lowest BCUT2D eigenvalue weighted by Crippen LogP contribution is -2.26. The van der Waals surface area contributed by atoms with Crippen LogP contribution in [0, 0.1) is 30.2 Å². The van der Waals surface area contributed by atoms with Gasteiger partial charge >= 0.3 is 0 Å². The van der Waals surface area contributed by atoms with Gasteiger partial charge in [0.05, 0.1) is 0 Å². The van der Waals surface area contributed by atoms with Crippen LogP contribution in [0.1, 0.15) is 22.4 Å². The van der Waals surface area contributed by atoms with Crippen LogP contribution in [0.3, 0.4) is 0 Å². The van der Waals surface area contributed by atoms with E-state index in [0.29, 0.717) is 18.4 Å². The number of benzene rings is 3. The van der Waals surface area contributed by atoms with Crippen molar-refractivity contribution in [2.24, 2.45) is 0 Å². The molecule has 1 heterocycles. The highest BCUT2D eigenvalue weighted by molar-refractivity contribution is 9.10. The van der Waals surface area contributed by atoms with Gasteiger partial charge in [0.1, 0.15) is 45.8 Å². The van der Waals surface area contributed by atoms with E-state index in [1.807, 2.05) is 30.3 Å². The van der Waals surface area contributed by atoms with Crippen LogP contribution >= 0.6 is 15.9 Å². The fourth-order valence-electron chi connectivity index (χ4n) is 3.90. The average Bonchev–Trinajstić information content (AvgIpc) is 2.83. The second-order valence-electron chi connectivity index (χ2n) is 7.93. The smallest absolute Gasteiger partial charge is 0.273 e. The summed E-state index contributed by atoms with van der Waals surface area (Å²) in [5, 5.41) is 0. The molecule has 0 unspecified atom stereocenters. The zero-order valence-electron chi connectivity index (χ0n) is 18.6. The molecular formula is C27H20BrF4NO2. The van der Waals surface area contributed by atoms with Crippen LogP contribution in [-0.4, -0.2) is 4.57 Å². The van der Waals surface area contributed by atoms with E-state index in [1.54, 1.807) is 6.92 Å². The fourth-order valence-corrected chi connectivity index (χ4v) is 4.43. The Morgan fingerprint density at radius 1 is 0.857 bits per heavy atom. The first-order chi connectivity index (χ1) is 16.8. The van der Waals surface area contributed by atoms with Crippen LogP contribution in [0.2, 0.25) is 0 Å². The molecule has 1 aromatic heterocycles. The molecule has 0 saturated carbocycles. The van der Waals surface area contributed by atoms with Gasteiger partial charge in [0.15, 0.2) is 0 Å². The number of para-hydroxylation sites is 1. The van der Waals surface area contributed by atoms with Gasteiger partial charge in [-0.1, -0.05) is 36.4 Å². The lowest BCUT2D eigenvalue weighted by molar-refractivity contribution is 0.292. The van der Waals surface area contributed by atoms with Crippen molar-refractivity contribution in [2.75, 3.05) is 0 Å². The standard InChI is InChI=1S/C27H20BrF4NO2/c1-16-20(13-10-17-6-3-2-4-7-17)26(35-15-18-11-12-19(29)14-23(18)32)24(28)27(34)33(16)25-21(30)8-5-9-22(25)31/h2-9,11-12,14H,10,13,15H2,1H3. The highest BCUT2D eigenvalue weighted by atomic mass is 79.9. The predicted octanol–water partition coefficient (Wildman–Crippen LogP) is 6.83. The Labute approximate surface area is 207 Å². The van der Waals surface area contributed by atoms with Gasteiger partial charge in [-0.3, -0.25) is 9.36 Å². The number of rotatable bonds is 7. The molecule has 4 rings (SSSR count). The minimum atomic E-state index is -0.891. The monoisotopic (exact) mass is 545 g/mol. The summed E-state index contributed by atoms with van der Waals surface area (Å²) in [5.41, 5.74) is 0.679. The molecule has 180 valence electrons. The minimum absolute atomic E-state index is 0.0589. The van der Waals surface area contributed by atoms with Crippen molar-refractivity contribution >= 4 is 15.9 Å². The molecular weight excluding hydrogens is 526 g/mol. The highest BCUT2D eigenvalue weighted by Crippen LogP contribution is 2.33. The Balaban J connectivity index is 1.83. The Morgan fingerprint density at radius 3 is 2.20 bits per heavy atom. The van der Waals surface area contributed by atoms with E-state index >= 15 is 0 Å². The minimum Gasteiger partial charge on any atom is -0.487 e. The van der Waals surface area contributed by atoms with Crippen molar-refractivity contribution in [3.8, 4) is 11.4 Å². The number of pyridine rings is 1. The summed E-state index contributed by atoms with van der Waals surface area (Å²) >= 11 is 3.24.